The zero-order chi connectivity index (χ0) is 32.1. The highest BCUT2D eigenvalue weighted by Crippen LogP contribution is 2.28. The SMILES string of the molecule is CCNc1cc(C(=O)N[C@@H](Cc2ccccc2)[C@H](O)CNCc2cc(Cl)cc(Cl)c2)cc(N2CCCCS2(=O)=O)c1.O=CO. The number of carbonyl (C=O) groups excluding carboxylic acids is 1. The number of sulfonamides is 1. The first-order valence-corrected chi connectivity index (χ1v) is 16.6. The smallest absolute Gasteiger partial charge is 0.290 e. The van der Waals surface area contributed by atoms with E-state index in [1.165, 1.54) is 4.31 Å². The Morgan fingerprint density at radius 3 is 2.34 bits per heavy atom. The number of aliphatic hydroxyl groups is 1. The summed E-state index contributed by atoms with van der Waals surface area (Å²) in [5.41, 5.74) is 3.25. The first-order chi connectivity index (χ1) is 21.1. The third-order valence-electron chi connectivity index (χ3n) is 6.88. The lowest BCUT2D eigenvalue weighted by atomic mass is 10.00. The normalized spacial score (nSPS) is 15.3. The van der Waals surface area contributed by atoms with Crippen LogP contribution in [0.25, 0.3) is 0 Å². The van der Waals surface area contributed by atoms with E-state index in [1.54, 1.807) is 36.4 Å². The minimum absolute atomic E-state index is 0.0830. The molecular weight excluding hydrogens is 627 g/mol. The number of hydrogen-bond donors (Lipinski definition) is 5. The summed E-state index contributed by atoms with van der Waals surface area (Å²) in [4.78, 5) is 22.0. The quantitative estimate of drug-likeness (QED) is 0.177. The van der Waals surface area contributed by atoms with Gasteiger partial charge in [-0.2, -0.15) is 0 Å². The molecule has 1 aliphatic heterocycles. The minimum Gasteiger partial charge on any atom is -0.483 e. The number of nitrogens with zero attached hydrogens (tertiary/aromatic N) is 1. The van der Waals surface area contributed by atoms with Crippen LogP contribution in [0.15, 0.2) is 66.7 Å². The van der Waals surface area contributed by atoms with Crippen LogP contribution in [0, 0.1) is 0 Å². The Morgan fingerprint density at radius 2 is 1.70 bits per heavy atom. The van der Waals surface area contributed by atoms with Gasteiger partial charge in [0.2, 0.25) is 10.0 Å². The maximum absolute atomic E-state index is 13.6. The van der Waals surface area contributed by atoms with Crippen molar-refractivity contribution in [3.63, 3.8) is 0 Å². The van der Waals surface area contributed by atoms with E-state index in [0.717, 1.165) is 17.5 Å². The molecule has 2 atom stereocenters. The maximum atomic E-state index is 13.6. The van der Waals surface area contributed by atoms with Crippen LogP contribution >= 0.6 is 23.2 Å². The van der Waals surface area contributed by atoms with E-state index in [-0.39, 0.29) is 18.8 Å². The number of carbonyl (C=O) groups is 2. The molecule has 0 bridgehead atoms. The molecule has 5 N–H and O–H groups in total. The maximum Gasteiger partial charge on any atom is 0.290 e. The fraction of sp³-hybridized carbons (Fsp3) is 0.355. The van der Waals surface area contributed by atoms with Crippen molar-refractivity contribution in [3.05, 3.63) is 93.5 Å². The molecule has 1 saturated heterocycles. The molecule has 0 radical (unpaired) electrons. The van der Waals surface area contributed by atoms with Gasteiger partial charge in [-0.3, -0.25) is 13.9 Å². The molecule has 13 heteroatoms. The van der Waals surface area contributed by atoms with Gasteiger partial charge in [-0.15, -0.1) is 0 Å². The van der Waals surface area contributed by atoms with E-state index in [2.05, 4.69) is 16.0 Å². The predicted molar refractivity (Wildman–Crippen MR) is 175 cm³/mol. The fourth-order valence-corrected chi connectivity index (χ4v) is 7.09. The largest absolute Gasteiger partial charge is 0.483 e. The second-order valence-corrected chi connectivity index (χ2v) is 13.1. The Kier molecular flexibility index (Phi) is 13.7. The van der Waals surface area contributed by atoms with Crippen molar-refractivity contribution < 1.29 is 28.2 Å². The van der Waals surface area contributed by atoms with Crippen LogP contribution < -0.4 is 20.3 Å². The van der Waals surface area contributed by atoms with E-state index in [4.69, 9.17) is 33.1 Å². The molecule has 3 aromatic carbocycles. The van der Waals surface area contributed by atoms with Crippen LogP contribution in [0.1, 0.15) is 41.3 Å². The summed E-state index contributed by atoms with van der Waals surface area (Å²) in [5, 5.41) is 28.6. The number of nitrogens with one attached hydrogen (secondary N) is 3. The number of amides is 1. The Hall–Kier alpha value is -3.35. The van der Waals surface area contributed by atoms with Crippen LogP contribution in [0.3, 0.4) is 0 Å². The summed E-state index contributed by atoms with van der Waals surface area (Å²) in [7, 11) is -3.46. The molecule has 238 valence electrons. The average molecular weight is 666 g/mol. The summed E-state index contributed by atoms with van der Waals surface area (Å²) in [6.07, 6.45) is 0.855. The van der Waals surface area contributed by atoms with Crippen LogP contribution in [0.5, 0.6) is 0 Å². The molecule has 0 aromatic heterocycles. The third kappa shape index (κ3) is 10.7. The molecule has 0 spiro atoms. The zero-order valence-electron chi connectivity index (χ0n) is 24.4. The molecule has 0 unspecified atom stereocenters. The van der Waals surface area contributed by atoms with Crippen LogP contribution in [-0.2, 0) is 27.8 Å². The van der Waals surface area contributed by atoms with Gasteiger partial charge in [-0.1, -0.05) is 53.5 Å². The second kappa shape index (κ2) is 17.2. The van der Waals surface area contributed by atoms with Crippen molar-refractivity contribution in [2.75, 3.05) is 35.0 Å². The Labute approximate surface area is 268 Å². The van der Waals surface area contributed by atoms with E-state index in [1.807, 2.05) is 37.3 Å². The molecule has 0 saturated carbocycles. The molecule has 1 amide bonds. The first kappa shape index (κ1) is 35.1. The van der Waals surface area contributed by atoms with E-state index < -0.39 is 28.1 Å². The van der Waals surface area contributed by atoms with Crippen LogP contribution in [0.2, 0.25) is 10.0 Å². The number of rotatable bonds is 12. The number of anilines is 2. The molecule has 0 aliphatic carbocycles. The average Bonchev–Trinajstić information content (AvgIpc) is 2.97. The molecule has 4 rings (SSSR count). The van der Waals surface area contributed by atoms with Crippen molar-refractivity contribution in [1.29, 1.82) is 0 Å². The minimum atomic E-state index is -3.46. The van der Waals surface area contributed by atoms with Gasteiger partial charge in [-0.05, 0) is 73.7 Å². The van der Waals surface area contributed by atoms with Crippen molar-refractivity contribution in [1.82, 2.24) is 10.6 Å². The number of hydrogen-bond acceptors (Lipinski definition) is 7. The number of aliphatic hydroxyl groups excluding tert-OH is 1. The van der Waals surface area contributed by atoms with Crippen LogP contribution in [-0.4, -0.2) is 68.5 Å². The van der Waals surface area contributed by atoms with Crippen molar-refractivity contribution in [2.45, 2.75) is 44.9 Å². The lowest BCUT2D eigenvalue weighted by Gasteiger charge is -2.29. The molecule has 1 fully saturated rings. The highest BCUT2D eigenvalue weighted by Gasteiger charge is 2.28. The van der Waals surface area contributed by atoms with Gasteiger partial charge in [-0.25, -0.2) is 8.42 Å². The number of benzene rings is 3. The van der Waals surface area contributed by atoms with Gasteiger partial charge in [0.15, 0.2) is 0 Å². The van der Waals surface area contributed by atoms with Crippen LogP contribution in [0.4, 0.5) is 11.4 Å². The van der Waals surface area contributed by atoms with E-state index >= 15 is 0 Å². The molecule has 1 heterocycles. The van der Waals surface area contributed by atoms with E-state index in [9.17, 15) is 18.3 Å². The summed E-state index contributed by atoms with van der Waals surface area (Å²) in [6, 6.07) is 19.3. The first-order valence-electron chi connectivity index (χ1n) is 14.2. The lowest BCUT2D eigenvalue weighted by Crippen LogP contribution is -2.48. The predicted octanol–water partition coefficient (Wildman–Crippen LogP) is 4.55. The summed E-state index contributed by atoms with van der Waals surface area (Å²) in [5.74, 6) is -0.318. The summed E-state index contributed by atoms with van der Waals surface area (Å²) >= 11 is 12.2. The molecule has 44 heavy (non-hydrogen) atoms. The van der Waals surface area contributed by atoms with Gasteiger partial charge < -0.3 is 26.2 Å². The van der Waals surface area contributed by atoms with Gasteiger partial charge in [0.05, 0.1) is 23.6 Å². The van der Waals surface area contributed by atoms with E-state index in [0.29, 0.717) is 59.5 Å². The summed E-state index contributed by atoms with van der Waals surface area (Å²) in [6.45, 7) is 3.30. The molecular formula is C31H38Cl2N4O6S. The highest BCUT2D eigenvalue weighted by atomic mass is 35.5. The fourth-order valence-electron chi connectivity index (χ4n) is 4.89. The monoisotopic (exact) mass is 664 g/mol. The Bertz CT molecular complexity index is 1470. The molecule has 10 nitrogen and oxygen atoms in total. The van der Waals surface area contributed by atoms with Crippen molar-refractivity contribution >= 4 is 57.0 Å². The van der Waals surface area contributed by atoms with Gasteiger partial charge in [0.25, 0.3) is 12.4 Å². The Balaban J connectivity index is 0.00000169. The lowest BCUT2D eigenvalue weighted by molar-refractivity contribution is -0.122. The second-order valence-electron chi connectivity index (χ2n) is 10.2. The van der Waals surface area contributed by atoms with Crippen molar-refractivity contribution in [2.24, 2.45) is 0 Å². The van der Waals surface area contributed by atoms with Gasteiger partial charge in [0.1, 0.15) is 0 Å². The number of carboxylic acid groups (broad SMARTS) is 1. The topological polar surface area (TPSA) is 148 Å². The highest BCUT2D eigenvalue weighted by molar-refractivity contribution is 7.92. The Morgan fingerprint density at radius 1 is 1.02 bits per heavy atom. The standard InChI is InChI=1S/C30H36Cl2N4O4S.CH2O2/c1-2-34-26-15-23(16-27(18-26)36-10-6-7-11-41(36,39)40)30(38)35-28(14-21-8-4-3-5-9-21)29(37)20-33-19-22-12-24(31)17-25(32)13-22;2-1-3/h3-5,8-9,12-13,15-18,28-29,33-34,37H,2,6-7,10-11,14,19-20H2,1H3,(H,35,38);1H,(H,2,3)/t28-,29+;/m0./s1. The zero-order valence-corrected chi connectivity index (χ0v) is 26.7. The third-order valence-corrected chi connectivity index (χ3v) is 9.19. The van der Waals surface area contributed by atoms with Gasteiger partial charge in [0, 0.05) is 47.5 Å². The number of halogens is 2. The molecule has 3 aromatic rings. The molecule has 1 aliphatic rings. The van der Waals surface area contributed by atoms with Gasteiger partial charge >= 0.3 is 0 Å². The van der Waals surface area contributed by atoms with Crippen molar-refractivity contribution in [3.8, 4) is 0 Å². The summed E-state index contributed by atoms with van der Waals surface area (Å²) < 4.78 is 27.0.